The Morgan fingerprint density at radius 1 is 1.27 bits per heavy atom. The molecule has 26 heavy (non-hydrogen) atoms. The lowest BCUT2D eigenvalue weighted by atomic mass is 9.93. The third-order valence-electron chi connectivity index (χ3n) is 4.63. The smallest absolute Gasteiger partial charge is 0.263 e. The number of piperidine rings is 1. The standard InChI is InChI=1S/C18H20N6OS/c1-24(18-23-22-16(26-18)12-6-3-2-4-7-12)17(25)14-11-20-21-15(14)13-8-5-9-19-10-13/h2-4,6-7,11,13,19H,5,8-10H2,1H3,(H,20,21). The molecule has 1 atom stereocenters. The second kappa shape index (κ2) is 7.35. The van der Waals surface area contributed by atoms with Crippen molar-refractivity contribution in [2.24, 2.45) is 0 Å². The zero-order chi connectivity index (χ0) is 17.9. The van der Waals surface area contributed by atoms with Crippen LogP contribution in [-0.4, -0.2) is 46.4 Å². The van der Waals surface area contributed by atoms with E-state index in [0.29, 0.717) is 10.7 Å². The van der Waals surface area contributed by atoms with Crippen molar-refractivity contribution < 1.29 is 4.79 Å². The summed E-state index contributed by atoms with van der Waals surface area (Å²) in [6.07, 6.45) is 3.77. The average Bonchev–Trinajstić information content (AvgIpc) is 3.38. The van der Waals surface area contributed by atoms with Crippen LogP contribution in [0.25, 0.3) is 10.6 Å². The Kier molecular flexibility index (Phi) is 4.77. The molecule has 1 unspecified atom stereocenters. The molecule has 1 aliphatic rings. The Labute approximate surface area is 155 Å². The van der Waals surface area contributed by atoms with Crippen LogP contribution in [-0.2, 0) is 0 Å². The summed E-state index contributed by atoms with van der Waals surface area (Å²) in [6.45, 7) is 1.89. The number of aromatic nitrogens is 4. The lowest BCUT2D eigenvalue weighted by molar-refractivity contribution is 0.0991. The van der Waals surface area contributed by atoms with Crippen molar-refractivity contribution in [2.45, 2.75) is 18.8 Å². The van der Waals surface area contributed by atoms with Crippen molar-refractivity contribution in [3.8, 4) is 10.6 Å². The Bertz CT molecular complexity index is 884. The SMILES string of the molecule is CN(C(=O)c1cn[nH]c1C1CCCNC1)c1nnc(-c2ccccc2)s1. The molecule has 2 aromatic heterocycles. The Hall–Kier alpha value is -2.58. The van der Waals surface area contributed by atoms with Gasteiger partial charge in [-0.05, 0) is 19.4 Å². The molecule has 3 aromatic rings. The number of amides is 1. The maximum absolute atomic E-state index is 13.0. The molecular formula is C18H20N6OS. The average molecular weight is 368 g/mol. The number of hydrogen-bond acceptors (Lipinski definition) is 6. The molecule has 1 fully saturated rings. The van der Waals surface area contributed by atoms with E-state index >= 15 is 0 Å². The van der Waals surface area contributed by atoms with Crippen LogP contribution in [0, 0.1) is 0 Å². The van der Waals surface area contributed by atoms with Crippen LogP contribution >= 0.6 is 11.3 Å². The van der Waals surface area contributed by atoms with Gasteiger partial charge >= 0.3 is 0 Å². The summed E-state index contributed by atoms with van der Waals surface area (Å²) in [5, 5.41) is 20.3. The number of hydrogen-bond donors (Lipinski definition) is 2. The summed E-state index contributed by atoms with van der Waals surface area (Å²) < 4.78 is 0. The van der Waals surface area contributed by atoms with Gasteiger partial charge in [-0.3, -0.25) is 14.8 Å². The topological polar surface area (TPSA) is 86.8 Å². The highest BCUT2D eigenvalue weighted by Crippen LogP contribution is 2.30. The zero-order valence-corrected chi connectivity index (χ0v) is 15.3. The summed E-state index contributed by atoms with van der Waals surface area (Å²) in [5.74, 6) is 0.169. The van der Waals surface area contributed by atoms with E-state index < -0.39 is 0 Å². The monoisotopic (exact) mass is 368 g/mol. The van der Waals surface area contributed by atoms with Gasteiger partial charge in [-0.1, -0.05) is 41.7 Å². The van der Waals surface area contributed by atoms with Crippen molar-refractivity contribution in [1.29, 1.82) is 0 Å². The minimum Gasteiger partial charge on any atom is -0.316 e. The van der Waals surface area contributed by atoms with Crippen LogP contribution in [0.5, 0.6) is 0 Å². The number of nitrogens with zero attached hydrogens (tertiary/aromatic N) is 4. The van der Waals surface area contributed by atoms with E-state index in [-0.39, 0.29) is 11.8 Å². The molecule has 1 amide bonds. The molecule has 1 aromatic carbocycles. The third kappa shape index (κ3) is 3.25. The molecule has 0 saturated carbocycles. The molecule has 1 aliphatic heterocycles. The summed E-state index contributed by atoms with van der Waals surface area (Å²) in [6, 6.07) is 9.84. The van der Waals surface area contributed by atoms with E-state index in [1.807, 2.05) is 30.3 Å². The highest BCUT2D eigenvalue weighted by molar-refractivity contribution is 7.18. The summed E-state index contributed by atoms with van der Waals surface area (Å²) in [7, 11) is 1.73. The molecule has 0 spiro atoms. The van der Waals surface area contributed by atoms with Crippen LogP contribution in [0.15, 0.2) is 36.5 Å². The second-order valence-corrected chi connectivity index (χ2v) is 7.32. The zero-order valence-electron chi connectivity index (χ0n) is 14.5. The van der Waals surface area contributed by atoms with Crippen molar-refractivity contribution in [3.05, 3.63) is 47.8 Å². The highest BCUT2D eigenvalue weighted by atomic mass is 32.1. The number of anilines is 1. The first-order valence-corrected chi connectivity index (χ1v) is 9.46. The van der Waals surface area contributed by atoms with Gasteiger partial charge in [-0.2, -0.15) is 5.10 Å². The van der Waals surface area contributed by atoms with Crippen LogP contribution in [0.3, 0.4) is 0 Å². The fourth-order valence-electron chi connectivity index (χ4n) is 3.19. The lowest BCUT2D eigenvalue weighted by Gasteiger charge is -2.23. The van der Waals surface area contributed by atoms with Crippen molar-refractivity contribution in [2.75, 3.05) is 25.0 Å². The predicted molar refractivity (Wildman–Crippen MR) is 102 cm³/mol. The maximum Gasteiger partial charge on any atom is 0.263 e. The Morgan fingerprint density at radius 3 is 2.88 bits per heavy atom. The van der Waals surface area contributed by atoms with Crippen molar-refractivity contribution >= 4 is 22.4 Å². The van der Waals surface area contributed by atoms with Gasteiger partial charge in [-0.25, -0.2) is 0 Å². The molecular weight excluding hydrogens is 348 g/mol. The first kappa shape index (κ1) is 16.9. The van der Waals surface area contributed by atoms with Crippen molar-refractivity contribution in [3.63, 3.8) is 0 Å². The van der Waals surface area contributed by atoms with E-state index in [2.05, 4.69) is 25.7 Å². The van der Waals surface area contributed by atoms with E-state index in [1.165, 1.54) is 11.3 Å². The van der Waals surface area contributed by atoms with Crippen LogP contribution in [0.4, 0.5) is 5.13 Å². The fourth-order valence-corrected chi connectivity index (χ4v) is 4.00. The second-order valence-electron chi connectivity index (χ2n) is 6.36. The van der Waals surface area contributed by atoms with Crippen LogP contribution in [0.2, 0.25) is 0 Å². The number of aromatic amines is 1. The first-order valence-electron chi connectivity index (χ1n) is 8.65. The van der Waals surface area contributed by atoms with Gasteiger partial charge in [0.1, 0.15) is 5.01 Å². The van der Waals surface area contributed by atoms with Gasteiger partial charge in [0.05, 0.1) is 17.5 Å². The number of rotatable bonds is 4. The Morgan fingerprint density at radius 2 is 2.12 bits per heavy atom. The van der Waals surface area contributed by atoms with E-state index in [4.69, 9.17) is 0 Å². The summed E-state index contributed by atoms with van der Waals surface area (Å²) in [4.78, 5) is 14.6. The van der Waals surface area contributed by atoms with Crippen molar-refractivity contribution in [1.82, 2.24) is 25.7 Å². The minimum absolute atomic E-state index is 0.116. The van der Waals surface area contributed by atoms with Crippen LogP contribution in [0.1, 0.15) is 34.8 Å². The quantitative estimate of drug-likeness (QED) is 0.739. The molecule has 3 heterocycles. The molecule has 4 rings (SSSR count). The normalized spacial score (nSPS) is 17.2. The molecule has 0 radical (unpaired) electrons. The van der Waals surface area contributed by atoms with Gasteiger partial charge in [0.25, 0.3) is 5.91 Å². The highest BCUT2D eigenvalue weighted by Gasteiger charge is 2.26. The number of carbonyl (C=O) groups is 1. The van der Waals surface area contributed by atoms with Gasteiger partial charge in [0, 0.05) is 25.1 Å². The lowest BCUT2D eigenvalue weighted by Crippen LogP contribution is -2.31. The van der Waals surface area contributed by atoms with Gasteiger partial charge < -0.3 is 5.32 Å². The number of carbonyl (C=O) groups excluding carboxylic acids is 1. The predicted octanol–water partition coefficient (Wildman–Crippen LogP) is 2.67. The molecule has 7 nitrogen and oxygen atoms in total. The van der Waals surface area contributed by atoms with Gasteiger partial charge in [0.2, 0.25) is 5.13 Å². The van der Waals surface area contributed by atoms with E-state index in [0.717, 1.165) is 42.2 Å². The van der Waals surface area contributed by atoms with E-state index in [1.54, 1.807) is 18.1 Å². The molecule has 1 saturated heterocycles. The maximum atomic E-state index is 13.0. The summed E-state index contributed by atoms with van der Waals surface area (Å²) >= 11 is 1.40. The number of benzene rings is 1. The molecule has 0 aliphatic carbocycles. The number of H-pyrrole nitrogens is 1. The molecule has 2 N–H and O–H groups in total. The number of nitrogens with one attached hydrogen (secondary N) is 2. The summed E-state index contributed by atoms with van der Waals surface area (Å²) in [5.41, 5.74) is 2.51. The minimum atomic E-state index is -0.116. The fraction of sp³-hybridized carbons (Fsp3) is 0.333. The third-order valence-corrected chi connectivity index (χ3v) is 5.68. The molecule has 8 heteroatoms. The molecule has 134 valence electrons. The van der Waals surface area contributed by atoms with E-state index in [9.17, 15) is 4.79 Å². The Balaban J connectivity index is 1.56. The van der Waals surface area contributed by atoms with Gasteiger partial charge in [-0.15, -0.1) is 10.2 Å². The first-order chi connectivity index (χ1) is 12.7. The van der Waals surface area contributed by atoms with Crippen LogP contribution < -0.4 is 10.2 Å². The van der Waals surface area contributed by atoms with Gasteiger partial charge in [0.15, 0.2) is 0 Å². The largest absolute Gasteiger partial charge is 0.316 e. The molecule has 0 bridgehead atoms.